The first kappa shape index (κ1) is 13.2. The first-order chi connectivity index (χ1) is 8.11. The topological polar surface area (TPSA) is 57.6 Å². The Kier molecular flexibility index (Phi) is 4.69. The van der Waals surface area contributed by atoms with Crippen LogP contribution in [0.1, 0.15) is 25.3 Å². The third-order valence-electron chi connectivity index (χ3n) is 2.70. The molecule has 0 saturated carbocycles. The van der Waals surface area contributed by atoms with Gasteiger partial charge in [-0.1, -0.05) is 30.3 Å². The van der Waals surface area contributed by atoms with E-state index in [-0.39, 0.29) is 5.91 Å². The Morgan fingerprint density at radius 3 is 2.12 bits per heavy atom. The molecule has 0 aromatic heterocycles. The lowest BCUT2D eigenvalue weighted by molar-refractivity contribution is -0.146. The van der Waals surface area contributed by atoms with Crippen LogP contribution in [0.2, 0.25) is 0 Å². The zero-order valence-electron chi connectivity index (χ0n) is 10.1. The van der Waals surface area contributed by atoms with E-state index in [0.717, 1.165) is 0 Å². The first-order valence-electron chi connectivity index (χ1n) is 5.68. The molecule has 1 rings (SSSR count). The SMILES string of the molecule is CCN(CC)C(=O)[C@H](C(=O)O)c1ccccc1. The molecule has 1 aromatic carbocycles. The molecule has 1 aromatic rings. The zero-order valence-corrected chi connectivity index (χ0v) is 10.1. The normalized spacial score (nSPS) is 11.9. The minimum Gasteiger partial charge on any atom is -0.480 e. The fourth-order valence-corrected chi connectivity index (χ4v) is 1.75. The van der Waals surface area contributed by atoms with Crippen molar-refractivity contribution in [3.8, 4) is 0 Å². The molecular weight excluding hydrogens is 218 g/mol. The first-order valence-corrected chi connectivity index (χ1v) is 5.68. The van der Waals surface area contributed by atoms with Crippen LogP contribution in [0.3, 0.4) is 0 Å². The molecule has 0 bridgehead atoms. The summed E-state index contributed by atoms with van der Waals surface area (Å²) < 4.78 is 0. The molecule has 0 aliphatic carbocycles. The van der Waals surface area contributed by atoms with Crippen LogP contribution < -0.4 is 0 Å². The Hall–Kier alpha value is -1.84. The molecule has 4 heteroatoms. The number of carbonyl (C=O) groups is 2. The van der Waals surface area contributed by atoms with Gasteiger partial charge in [0.1, 0.15) is 0 Å². The van der Waals surface area contributed by atoms with Gasteiger partial charge in [0.15, 0.2) is 5.92 Å². The Labute approximate surface area is 101 Å². The lowest BCUT2D eigenvalue weighted by Crippen LogP contribution is -2.37. The monoisotopic (exact) mass is 235 g/mol. The van der Waals surface area contributed by atoms with Crippen LogP contribution in [0.25, 0.3) is 0 Å². The Bertz CT molecular complexity index is 385. The molecule has 0 heterocycles. The highest BCUT2D eigenvalue weighted by Crippen LogP contribution is 2.18. The smallest absolute Gasteiger partial charge is 0.320 e. The summed E-state index contributed by atoms with van der Waals surface area (Å²) in [4.78, 5) is 24.9. The number of carboxylic acid groups (broad SMARTS) is 1. The van der Waals surface area contributed by atoms with Crippen LogP contribution >= 0.6 is 0 Å². The van der Waals surface area contributed by atoms with Gasteiger partial charge in [0, 0.05) is 13.1 Å². The number of hydrogen-bond donors (Lipinski definition) is 1. The second-order valence-corrected chi connectivity index (χ2v) is 3.69. The fourth-order valence-electron chi connectivity index (χ4n) is 1.75. The largest absolute Gasteiger partial charge is 0.480 e. The molecule has 0 radical (unpaired) electrons. The van der Waals surface area contributed by atoms with Crippen molar-refractivity contribution < 1.29 is 14.7 Å². The molecule has 0 saturated heterocycles. The fraction of sp³-hybridized carbons (Fsp3) is 0.385. The molecular formula is C13H17NO3. The van der Waals surface area contributed by atoms with E-state index in [0.29, 0.717) is 18.7 Å². The van der Waals surface area contributed by atoms with Crippen molar-refractivity contribution >= 4 is 11.9 Å². The van der Waals surface area contributed by atoms with E-state index < -0.39 is 11.9 Å². The van der Waals surface area contributed by atoms with Crippen LogP contribution in [0.15, 0.2) is 30.3 Å². The van der Waals surface area contributed by atoms with E-state index in [1.54, 1.807) is 30.3 Å². The van der Waals surface area contributed by atoms with Crippen molar-refractivity contribution in [2.45, 2.75) is 19.8 Å². The number of hydrogen-bond acceptors (Lipinski definition) is 2. The number of rotatable bonds is 5. The van der Waals surface area contributed by atoms with Crippen molar-refractivity contribution in [1.82, 2.24) is 4.90 Å². The number of amides is 1. The standard InChI is InChI=1S/C13H17NO3/c1-3-14(4-2)12(15)11(13(16)17)10-8-6-5-7-9-10/h5-9,11H,3-4H2,1-2H3,(H,16,17)/t11-/m1/s1. The number of aliphatic carboxylic acids is 1. The van der Waals surface area contributed by atoms with Gasteiger partial charge in [0.25, 0.3) is 0 Å². The lowest BCUT2D eigenvalue weighted by Gasteiger charge is -2.23. The molecule has 1 atom stereocenters. The minimum atomic E-state index is -1.10. The summed E-state index contributed by atoms with van der Waals surface area (Å²) in [6.07, 6.45) is 0. The average molecular weight is 235 g/mol. The molecule has 0 unspecified atom stereocenters. The highest BCUT2D eigenvalue weighted by Gasteiger charge is 2.30. The van der Waals surface area contributed by atoms with E-state index >= 15 is 0 Å². The molecule has 1 amide bonds. The maximum absolute atomic E-state index is 12.1. The van der Waals surface area contributed by atoms with Crippen LogP contribution in [0.4, 0.5) is 0 Å². The summed E-state index contributed by atoms with van der Waals surface area (Å²) in [5.74, 6) is -2.56. The van der Waals surface area contributed by atoms with Crippen molar-refractivity contribution in [3.63, 3.8) is 0 Å². The highest BCUT2D eigenvalue weighted by molar-refractivity contribution is 6.02. The van der Waals surface area contributed by atoms with Gasteiger partial charge in [0.2, 0.25) is 5.91 Å². The second-order valence-electron chi connectivity index (χ2n) is 3.69. The zero-order chi connectivity index (χ0) is 12.8. The summed E-state index contributed by atoms with van der Waals surface area (Å²) in [6, 6.07) is 8.60. The molecule has 17 heavy (non-hydrogen) atoms. The number of benzene rings is 1. The summed E-state index contributed by atoms with van der Waals surface area (Å²) >= 11 is 0. The van der Waals surface area contributed by atoms with E-state index in [1.807, 2.05) is 13.8 Å². The van der Waals surface area contributed by atoms with E-state index in [1.165, 1.54) is 4.90 Å². The van der Waals surface area contributed by atoms with Gasteiger partial charge in [-0.25, -0.2) is 0 Å². The van der Waals surface area contributed by atoms with Crippen LogP contribution in [-0.2, 0) is 9.59 Å². The van der Waals surface area contributed by atoms with Crippen molar-refractivity contribution in [1.29, 1.82) is 0 Å². The van der Waals surface area contributed by atoms with Gasteiger partial charge in [-0.3, -0.25) is 9.59 Å². The molecule has 92 valence electrons. The van der Waals surface area contributed by atoms with E-state index in [4.69, 9.17) is 0 Å². The molecule has 4 nitrogen and oxygen atoms in total. The van der Waals surface area contributed by atoms with Gasteiger partial charge in [-0.2, -0.15) is 0 Å². The maximum atomic E-state index is 12.1. The Balaban J connectivity index is 3.02. The summed E-state index contributed by atoms with van der Waals surface area (Å²) in [6.45, 7) is 4.72. The third-order valence-corrected chi connectivity index (χ3v) is 2.70. The number of nitrogens with zero attached hydrogens (tertiary/aromatic N) is 1. The summed E-state index contributed by atoms with van der Waals surface area (Å²) in [5, 5.41) is 9.19. The Morgan fingerprint density at radius 1 is 1.18 bits per heavy atom. The van der Waals surface area contributed by atoms with Crippen LogP contribution in [0.5, 0.6) is 0 Å². The Morgan fingerprint density at radius 2 is 1.71 bits per heavy atom. The summed E-state index contributed by atoms with van der Waals surface area (Å²) in [5.41, 5.74) is 0.525. The predicted molar refractivity (Wildman–Crippen MR) is 64.7 cm³/mol. The van der Waals surface area contributed by atoms with Crippen LogP contribution in [-0.4, -0.2) is 35.0 Å². The van der Waals surface area contributed by atoms with Crippen molar-refractivity contribution in [3.05, 3.63) is 35.9 Å². The van der Waals surface area contributed by atoms with E-state index in [9.17, 15) is 14.7 Å². The average Bonchev–Trinajstić information content (AvgIpc) is 2.31. The molecule has 0 spiro atoms. The number of likely N-dealkylation sites (N-methyl/N-ethyl adjacent to an activating group) is 1. The quantitative estimate of drug-likeness (QED) is 0.791. The maximum Gasteiger partial charge on any atom is 0.320 e. The van der Waals surface area contributed by atoms with Gasteiger partial charge >= 0.3 is 5.97 Å². The molecule has 0 fully saturated rings. The minimum absolute atomic E-state index is 0.353. The van der Waals surface area contributed by atoms with Crippen LogP contribution in [0, 0.1) is 0 Å². The van der Waals surface area contributed by atoms with Gasteiger partial charge in [-0.15, -0.1) is 0 Å². The van der Waals surface area contributed by atoms with Gasteiger partial charge in [-0.05, 0) is 19.4 Å². The number of carbonyl (C=O) groups excluding carboxylic acids is 1. The van der Waals surface area contributed by atoms with Crippen molar-refractivity contribution in [2.75, 3.05) is 13.1 Å². The van der Waals surface area contributed by atoms with Gasteiger partial charge in [0.05, 0.1) is 0 Å². The lowest BCUT2D eigenvalue weighted by atomic mass is 9.98. The number of carboxylic acids is 1. The third kappa shape index (κ3) is 3.06. The van der Waals surface area contributed by atoms with Gasteiger partial charge < -0.3 is 10.0 Å². The summed E-state index contributed by atoms with van der Waals surface area (Å²) in [7, 11) is 0. The molecule has 0 aliphatic heterocycles. The second kappa shape index (κ2) is 6.03. The van der Waals surface area contributed by atoms with E-state index in [2.05, 4.69) is 0 Å². The molecule has 1 N–H and O–H groups in total. The predicted octanol–water partition coefficient (Wildman–Crippen LogP) is 1.72. The highest BCUT2D eigenvalue weighted by atomic mass is 16.4. The van der Waals surface area contributed by atoms with Crippen molar-refractivity contribution in [2.24, 2.45) is 0 Å². The molecule has 0 aliphatic rings.